The van der Waals surface area contributed by atoms with Crippen LogP contribution >= 0.6 is 0 Å². The van der Waals surface area contributed by atoms with Crippen molar-refractivity contribution in [1.29, 1.82) is 0 Å². The zero-order chi connectivity index (χ0) is 5.28. The highest BCUT2D eigenvalue weighted by Gasteiger charge is 1.83. The van der Waals surface area contributed by atoms with Crippen LogP contribution in [0, 0.1) is 6.92 Å². The minimum Gasteiger partial charge on any atom is -0.338 e. The Hall–Kier alpha value is -0.790. The second-order valence-corrected chi connectivity index (χ2v) is 1.65. The molecule has 0 unspecified atom stereocenters. The Bertz CT molecular complexity index is 138. The molecule has 1 heterocycles. The summed E-state index contributed by atoms with van der Waals surface area (Å²) in [6.45, 7) is 2.02. The van der Waals surface area contributed by atoms with E-state index in [-0.39, 0.29) is 0 Å². The summed E-state index contributed by atoms with van der Waals surface area (Å²) in [4.78, 5) is 3.88. The van der Waals surface area contributed by atoms with Crippen molar-refractivity contribution in [2.75, 3.05) is 0 Å². The van der Waals surface area contributed by atoms with Crippen LogP contribution in [0.3, 0.4) is 0 Å². The lowest BCUT2D eigenvalue weighted by Gasteiger charge is -1.87. The van der Waals surface area contributed by atoms with Gasteiger partial charge in [0.2, 0.25) is 0 Å². The van der Waals surface area contributed by atoms with Crippen LogP contribution in [0.15, 0.2) is 12.5 Å². The maximum Gasteiger partial charge on any atom is 0.0945 e. The van der Waals surface area contributed by atoms with Gasteiger partial charge in [-0.15, -0.1) is 0 Å². The van der Waals surface area contributed by atoms with Gasteiger partial charge in [-0.2, -0.15) is 0 Å². The normalized spacial score (nSPS) is 9.43. The average Bonchev–Trinajstić information content (AvgIpc) is 1.91. The van der Waals surface area contributed by atoms with Gasteiger partial charge in [0, 0.05) is 18.9 Å². The van der Waals surface area contributed by atoms with Crippen molar-refractivity contribution in [2.24, 2.45) is 7.05 Å². The highest BCUT2D eigenvalue weighted by Crippen LogP contribution is 1.88. The molecule has 0 saturated carbocycles. The molecule has 0 spiro atoms. The molecule has 0 aromatic carbocycles. The number of hydrogen-bond acceptors (Lipinski definition) is 1. The Morgan fingerprint density at radius 3 is 2.57 bits per heavy atom. The van der Waals surface area contributed by atoms with E-state index in [9.17, 15) is 0 Å². The molecule has 0 aliphatic rings. The first-order valence-corrected chi connectivity index (χ1v) is 2.23. The van der Waals surface area contributed by atoms with E-state index in [0.29, 0.717) is 0 Å². The molecular formula is C5H8N2. The van der Waals surface area contributed by atoms with Gasteiger partial charge in [-0.25, -0.2) is 4.98 Å². The molecule has 0 amide bonds. The predicted molar refractivity (Wildman–Crippen MR) is 27.9 cm³/mol. The molecular weight excluding hydrogens is 88.1 g/mol. The summed E-state index contributed by atoms with van der Waals surface area (Å²) in [5, 5.41) is 0. The van der Waals surface area contributed by atoms with Gasteiger partial charge in [0.25, 0.3) is 0 Å². The average molecular weight is 96.1 g/mol. The van der Waals surface area contributed by atoms with Crippen LogP contribution in [0.4, 0.5) is 0 Å². The number of rotatable bonds is 0. The molecule has 1 aromatic rings. The van der Waals surface area contributed by atoms with E-state index in [4.69, 9.17) is 0 Å². The molecule has 0 aliphatic carbocycles. The van der Waals surface area contributed by atoms with E-state index >= 15 is 0 Å². The highest BCUT2D eigenvalue weighted by atomic mass is 15.0. The molecule has 2 nitrogen and oxygen atoms in total. The minimum atomic E-state index is 1.19. The van der Waals surface area contributed by atoms with E-state index < -0.39 is 0 Å². The van der Waals surface area contributed by atoms with Gasteiger partial charge >= 0.3 is 0 Å². The topological polar surface area (TPSA) is 17.8 Å². The van der Waals surface area contributed by atoms with Crippen molar-refractivity contribution < 1.29 is 0 Å². The van der Waals surface area contributed by atoms with Gasteiger partial charge in [0.05, 0.1) is 6.33 Å². The maximum atomic E-state index is 3.88. The van der Waals surface area contributed by atoms with E-state index in [0.717, 1.165) is 0 Å². The summed E-state index contributed by atoms with van der Waals surface area (Å²) in [7, 11) is 1.97. The van der Waals surface area contributed by atoms with Crippen LogP contribution in [0.25, 0.3) is 0 Å². The fourth-order valence-electron chi connectivity index (χ4n) is 0.423. The highest BCUT2D eigenvalue weighted by molar-refractivity contribution is 4.91. The molecule has 2 heteroatoms. The lowest BCUT2D eigenvalue weighted by Crippen LogP contribution is -1.84. The van der Waals surface area contributed by atoms with Crippen molar-refractivity contribution in [3.63, 3.8) is 0 Å². The predicted octanol–water partition coefficient (Wildman–Crippen LogP) is 0.729. The van der Waals surface area contributed by atoms with Gasteiger partial charge in [-0.05, 0) is 6.92 Å². The van der Waals surface area contributed by atoms with Crippen molar-refractivity contribution in [3.8, 4) is 0 Å². The second kappa shape index (κ2) is 1.37. The van der Waals surface area contributed by atoms with Crippen molar-refractivity contribution >= 4 is 0 Å². The van der Waals surface area contributed by atoms with Crippen LogP contribution in [-0.4, -0.2) is 9.55 Å². The number of hydrogen-bond donors (Lipinski definition) is 0. The largest absolute Gasteiger partial charge is 0.338 e. The summed E-state index contributed by atoms with van der Waals surface area (Å²) in [5.41, 5.74) is 1.19. The van der Waals surface area contributed by atoms with E-state index in [1.807, 2.05) is 24.7 Å². The maximum absolute atomic E-state index is 3.88. The summed E-state index contributed by atoms with van der Waals surface area (Å²) in [6, 6.07) is 0. The first-order valence-electron chi connectivity index (χ1n) is 2.23. The lowest BCUT2D eigenvalue weighted by atomic mass is 10.5. The van der Waals surface area contributed by atoms with E-state index in [1.54, 1.807) is 6.33 Å². The first-order chi connectivity index (χ1) is 3.30. The monoisotopic (exact) mass is 96.1 g/mol. The molecule has 0 saturated heterocycles. The Balaban J connectivity index is 3.12. The molecule has 38 valence electrons. The Morgan fingerprint density at radius 1 is 1.71 bits per heavy atom. The van der Waals surface area contributed by atoms with Gasteiger partial charge < -0.3 is 4.57 Å². The molecule has 0 radical (unpaired) electrons. The van der Waals surface area contributed by atoms with Crippen molar-refractivity contribution in [2.45, 2.75) is 6.92 Å². The summed E-state index contributed by atoms with van der Waals surface area (Å²) >= 11 is 0. The third-order valence-corrected chi connectivity index (χ3v) is 1.06. The summed E-state index contributed by atoms with van der Waals surface area (Å²) in [6.07, 6.45) is 3.62. The van der Waals surface area contributed by atoms with Crippen LogP contribution < -0.4 is 0 Å². The van der Waals surface area contributed by atoms with Gasteiger partial charge in [0.15, 0.2) is 0 Å². The van der Waals surface area contributed by atoms with Crippen molar-refractivity contribution in [1.82, 2.24) is 9.55 Å². The number of imidazole rings is 1. The Labute approximate surface area is 42.8 Å². The number of nitrogens with zero attached hydrogens (tertiary/aromatic N) is 2. The molecule has 0 atom stereocenters. The standard InChI is InChI=1S/C5H8N2/c1-5-3-6-4-7(5)2/h3-4H,1-2H3. The summed E-state index contributed by atoms with van der Waals surface area (Å²) < 4.78 is 1.97. The molecule has 1 aromatic heterocycles. The lowest BCUT2D eigenvalue weighted by molar-refractivity contribution is 0.873. The quantitative estimate of drug-likeness (QED) is 0.465. The third-order valence-electron chi connectivity index (χ3n) is 1.06. The summed E-state index contributed by atoms with van der Waals surface area (Å²) in [5.74, 6) is 0. The second-order valence-electron chi connectivity index (χ2n) is 1.65. The number of aryl methyl sites for hydroxylation is 2. The van der Waals surface area contributed by atoms with Crippen LogP contribution in [-0.2, 0) is 7.05 Å². The first kappa shape index (κ1) is 4.37. The molecule has 0 N–H and O–H groups in total. The Morgan fingerprint density at radius 2 is 2.43 bits per heavy atom. The van der Waals surface area contributed by atoms with Gasteiger partial charge in [-0.1, -0.05) is 0 Å². The SMILES string of the molecule is Cc1cncn1C. The van der Waals surface area contributed by atoms with Crippen molar-refractivity contribution in [3.05, 3.63) is 18.2 Å². The van der Waals surface area contributed by atoms with Crippen LogP contribution in [0.5, 0.6) is 0 Å². The van der Waals surface area contributed by atoms with Crippen LogP contribution in [0.1, 0.15) is 5.69 Å². The smallest absolute Gasteiger partial charge is 0.0945 e. The molecule has 1 rings (SSSR count). The minimum absolute atomic E-state index is 1.19. The molecule has 0 fully saturated rings. The number of aromatic nitrogens is 2. The zero-order valence-electron chi connectivity index (χ0n) is 4.55. The Kier molecular flexibility index (Phi) is 0.855. The van der Waals surface area contributed by atoms with E-state index in [1.165, 1.54) is 5.69 Å². The fourth-order valence-corrected chi connectivity index (χ4v) is 0.423. The van der Waals surface area contributed by atoms with E-state index in [2.05, 4.69) is 4.98 Å². The third kappa shape index (κ3) is 0.633. The van der Waals surface area contributed by atoms with Gasteiger partial charge in [-0.3, -0.25) is 0 Å². The van der Waals surface area contributed by atoms with Gasteiger partial charge in [0.1, 0.15) is 0 Å². The fraction of sp³-hybridized carbons (Fsp3) is 0.400. The zero-order valence-corrected chi connectivity index (χ0v) is 4.55. The molecule has 0 aliphatic heterocycles. The van der Waals surface area contributed by atoms with Crippen LogP contribution in [0.2, 0.25) is 0 Å². The molecule has 7 heavy (non-hydrogen) atoms. The molecule has 0 bridgehead atoms.